The largest absolute Gasteiger partial charge is 0.456 e. The molecule has 3 heteroatoms. The summed E-state index contributed by atoms with van der Waals surface area (Å²) in [7, 11) is 0. The Bertz CT molecular complexity index is 639. The standard InChI is InChI=1S/C18H20N2O/c1-13(2)20-12-15-6-9-18(16(10-15)11-19)21-17-7-4-14(3)5-8-17/h4-10,13,20H,12H2,1-3H3. The van der Waals surface area contributed by atoms with E-state index in [2.05, 4.69) is 25.2 Å². The number of benzene rings is 2. The second-order valence-corrected chi connectivity index (χ2v) is 5.39. The van der Waals surface area contributed by atoms with E-state index in [1.165, 1.54) is 5.56 Å². The average Bonchev–Trinajstić information content (AvgIpc) is 2.48. The number of nitriles is 1. The van der Waals surface area contributed by atoms with E-state index >= 15 is 0 Å². The Labute approximate surface area is 126 Å². The van der Waals surface area contributed by atoms with E-state index in [-0.39, 0.29) is 0 Å². The molecule has 1 N–H and O–H groups in total. The second-order valence-electron chi connectivity index (χ2n) is 5.39. The molecular formula is C18H20N2O. The van der Waals surface area contributed by atoms with Gasteiger partial charge in [-0.15, -0.1) is 0 Å². The van der Waals surface area contributed by atoms with Gasteiger partial charge in [0.15, 0.2) is 0 Å². The molecule has 108 valence electrons. The molecule has 0 fully saturated rings. The molecule has 0 heterocycles. The van der Waals surface area contributed by atoms with Crippen LogP contribution in [0.25, 0.3) is 0 Å². The van der Waals surface area contributed by atoms with Gasteiger partial charge in [-0.25, -0.2) is 0 Å². The summed E-state index contributed by atoms with van der Waals surface area (Å²) in [4.78, 5) is 0. The van der Waals surface area contributed by atoms with Crippen molar-refractivity contribution in [2.45, 2.75) is 33.4 Å². The highest BCUT2D eigenvalue weighted by atomic mass is 16.5. The Kier molecular flexibility index (Phi) is 4.97. The van der Waals surface area contributed by atoms with Gasteiger partial charge in [-0.2, -0.15) is 5.26 Å². The monoisotopic (exact) mass is 280 g/mol. The van der Waals surface area contributed by atoms with E-state index in [4.69, 9.17) is 4.74 Å². The maximum atomic E-state index is 9.29. The lowest BCUT2D eigenvalue weighted by Crippen LogP contribution is -2.21. The summed E-state index contributed by atoms with van der Waals surface area (Å²) in [5.74, 6) is 1.33. The Morgan fingerprint density at radius 1 is 1.14 bits per heavy atom. The predicted molar refractivity (Wildman–Crippen MR) is 84.4 cm³/mol. The Morgan fingerprint density at radius 3 is 2.48 bits per heavy atom. The quantitative estimate of drug-likeness (QED) is 0.894. The van der Waals surface area contributed by atoms with Crippen molar-refractivity contribution in [1.29, 1.82) is 5.26 Å². The lowest BCUT2D eigenvalue weighted by Gasteiger charge is -2.11. The van der Waals surface area contributed by atoms with Gasteiger partial charge < -0.3 is 10.1 Å². The van der Waals surface area contributed by atoms with Crippen molar-refractivity contribution in [2.24, 2.45) is 0 Å². The average molecular weight is 280 g/mol. The van der Waals surface area contributed by atoms with Gasteiger partial charge in [0.25, 0.3) is 0 Å². The number of rotatable bonds is 5. The van der Waals surface area contributed by atoms with Gasteiger partial charge >= 0.3 is 0 Å². The van der Waals surface area contributed by atoms with Gasteiger partial charge in [-0.1, -0.05) is 37.6 Å². The normalized spacial score (nSPS) is 10.4. The minimum absolute atomic E-state index is 0.416. The van der Waals surface area contributed by atoms with Crippen LogP contribution in [0.4, 0.5) is 0 Å². The molecule has 0 radical (unpaired) electrons. The van der Waals surface area contributed by atoms with Crippen molar-refractivity contribution in [3.63, 3.8) is 0 Å². The lowest BCUT2D eigenvalue weighted by molar-refractivity contribution is 0.480. The fourth-order valence-electron chi connectivity index (χ4n) is 1.92. The minimum Gasteiger partial charge on any atom is -0.456 e. The highest BCUT2D eigenvalue weighted by molar-refractivity contribution is 5.47. The molecule has 0 aromatic heterocycles. The molecule has 2 rings (SSSR count). The van der Waals surface area contributed by atoms with E-state index in [0.29, 0.717) is 17.4 Å². The van der Waals surface area contributed by atoms with Gasteiger partial charge in [0.2, 0.25) is 0 Å². The maximum Gasteiger partial charge on any atom is 0.145 e. The van der Waals surface area contributed by atoms with Crippen molar-refractivity contribution >= 4 is 0 Å². The van der Waals surface area contributed by atoms with E-state index in [1.54, 1.807) is 0 Å². The first-order chi connectivity index (χ1) is 10.1. The summed E-state index contributed by atoms with van der Waals surface area (Å²) in [6.45, 7) is 6.97. The summed E-state index contributed by atoms with van der Waals surface area (Å²) in [6.07, 6.45) is 0. The third-order valence-electron chi connectivity index (χ3n) is 3.13. The van der Waals surface area contributed by atoms with Gasteiger partial charge in [-0.05, 0) is 36.8 Å². The molecule has 0 bridgehead atoms. The lowest BCUT2D eigenvalue weighted by atomic mass is 10.1. The molecule has 0 saturated carbocycles. The minimum atomic E-state index is 0.416. The summed E-state index contributed by atoms with van der Waals surface area (Å²) < 4.78 is 5.79. The first kappa shape index (κ1) is 15.1. The Morgan fingerprint density at radius 2 is 1.86 bits per heavy atom. The molecule has 0 aliphatic carbocycles. The summed E-state index contributed by atoms with van der Waals surface area (Å²) in [5, 5.41) is 12.6. The van der Waals surface area contributed by atoms with Crippen LogP contribution in [0, 0.1) is 18.3 Å². The van der Waals surface area contributed by atoms with Crippen LogP contribution in [0.2, 0.25) is 0 Å². The van der Waals surface area contributed by atoms with Crippen LogP contribution >= 0.6 is 0 Å². The van der Waals surface area contributed by atoms with E-state index in [9.17, 15) is 5.26 Å². The molecule has 2 aromatic rings. The van der Waals surface area contributed by atoms with Gasteiger partial charge in [0.05, 0.1) is 5.56 Å². The predicted octanol–water partition coefficient (Wildman–Crippen LogP) is 4.16. The molecule has 0 spiro atoms. The summed E-state index contributed by atoms with van der Waals surface area (Å²) in [6, 6.07) is 16.1. The molecule has 21 heavy (non-hydrogen) atoms. The zero-order valence-corrected chi connectivity index (χ0v) is 12.7. The van der Waals surface area contributed by atoms with Crippen molar-refractivity contribution in [2.75, 3.05) is 0 Å². The number of hydrogen-bond acceptors (Lipinski definition) is 3. The number of aryl methyl sites for hydroxylation is 1. The SMILES string of the molecule is Cc1ccc(Oc2ccc(CNC(C)C)cc2C#N)cc1. The Balaban J connectivity index is 2.16. The summed E-state index contributed by atoms with van der Waals surface area (Å²) >= 11 is 0. The van der Waals surface area contributed by atoms with Crippen LogP contribution in [0.15, 0.2) is 42.5 Å². The highest BCUT2D eigenvalue weighted by Crippen LogP contribution is 2.26. The van der Waals surface area contributed by atoms with E-state index < -0.39 is 0 Å². The Hall–Kier alpha value is -2.31. The first-order valence-corrected chi connectivity index (χ1v) is 7.09. The van der Waals surface area contributed by atoms with Crippen LogP contribution in [-0.2, 0) is 6.54 Å². The van der Waals surface area contributed by atoms with Gasteiger partial charge in [0.1, 0.15) is 17.6 Å². The van der Waals surface area contributed by atoms with Crippen molar-refractivity contribution < 1.29 is 4.74 Å². The number of ether oxygens (including phenoxy) is 1. The molecule has 0 aliphatic rings. The van der Waals surface area contributed by atoms with Gasteiger partial charge in [-0.3, -0.25) is 0 Å². The maximum absolute atomic E-state index is 9.29. The molecule has 3 nitrogen and oxygen atoms in total. The van der Waals surface area contributed by atoms with Crippen LogP contribution in [0.1, 0.15) is 30.5 Å². The van der Waals surface area contributed by atoms with Crippen molar-refractivity contribution in [1.82, 2.24) is 5.32 Å². The van der Waals surface area contributed by atoms with Gasteiger partial charge in [0, 0.05) is 12.6 Å². The fraction of sp³-hybridized carbons (Fsp3) is 0.278. The molecular weight excluding hydrogens is 260 g/mol. The molecule has 0 saturated heterocycles. The van der Waals surface area contributed by atoms with Crippen LogP contribution in [-0.4, -0.2) is 6.04 Å². The number of nitrogens with zero attached hydrogens (tertiary/aromatic N) is 1. The number of hydrogen-bond donors (Lipinski definition) is 1. The molecule has 0 aliphatic heterocycles. The van der Waals surface area contributed by atoms with Crippen LogP contribution < -0.4 is 10.1 Å². The van der Waals surface area contributed by atoms with Crippen molar-refractivity contribution in [3.05, 3.63) is 59.2 Å². The fourth-order valence-corrected chi connectivity index (χ4v) is 1.92. The van der Waals surface area contributed by atoms with E-state index in [0.717, 1.165) is 17.9 Å². The first-order valence-electron chi connectivity index (χ1n) is 7.09. The number of nitrogens with one attached hydrogen (secondary N) is 1. The zero-order valence-electron chi connectivity index (χ0n) is 12.7. The third kappa shape index (κ3) is 4.34. The molecule has 0 unspecified atom stereocenters. The summed E-state index contributed by atoms with van der Waals surface area (Å²) in [5.41, 5.74) is 2.81. The third-order valence-corrected chi connectivity index (χ3v) is 3.13. The highest BCUT2D eigenvalue weighted by Gasteiger charge is 2.06. The van der Waals surface area contributed by atoms with Crippen LogP contribution in [0.5, 0.6) is 11.5 Å². The topological polar surface area (TPSA) is 45.0 Å². The molecule has 0 atom stereocenters. The van der Waals surface area contributed by atoms with Crippen molar-refractivity contribution in [3.8, 4) is 17.6 Å². The zero-order chi connectivity index (χ0) is 15.2. The second kappa shape index (κ2) is 6.92. The molecule has 2 aromatic carbocycles. The van der Waals surface area contributed by atoms with Crippen LogP contribution in [0.3, 0.4) is 0 Å². The van der Waals surface area contributed by atoms with E-state index in [1.807, 2.05) is 49.4 Å². The smallest absolute Gasteiger partial charge is 0.145 e. The molecule has 0 amide bonds.